The molecule has 1 N–H and O–H groups in total. The van der Waals surface area contributed by atoms with Crippen LogP contribution in [-0.2, 0) is 13.3 Å². The van der Waals surface area contributed by atoms with Crippen LogP contribution in [0.4, 0.5) is 5.69 Å². The van der Waals surface area contributed by atoms with Crippen LogP contribution in [0, 0.1) is 20.8 Å². The van der Waals surface area contributed by atoms with Crippen LogP contribution in [0.25, 0.3) is 0 Å². The maximum Gasteiger partial charge on any atom is 0.276 e. The summed E-state index contributed by atoms with van der Waals surface area (Å²) in [6, 6.07) is 15.8. The minimum atomic E-state index is -0.291. The highest BCUT2D eigenvalue weighted by atomic mass is 16.5. The minimum Gasteiger partial charge on any atom is -0.471 e. The van der Waals surface area contributed by atoms with Gasteiger partial charge in [-0.15, -0.1) is 0 Å². The molecule has 2 aromatic carbocycles. The molecular weight excluding hydrogens is 390 g/mol. The fraction of sp³-hybridized carbons (Fsp3) is 0.208. The molecule has 0 aliphatic carbocycles. The topological polar surface area (TPSA) is 74.0 Å². The predicted octanol–water partition coefficient (Wildman–Crippen LogP) is 4.34. The Labute approximate surface area is 181 Å². The monoisotopic (exact) mass is 415 g/mol. The van der Waals surface area contributed by atoms with Crippen molar-refractivity contribution in [2.75, 3.05) is 5.32 Å². The predicted molar refractivity (Wildman–Crippen MR) is 119 cm³/mol. The standard InChI is InChI=1S/C24H25N5O2/c1-17-8-9-23(19(3)12-17)31-16-28-11-10-22(27-28)24(30)26-21-13-25-29(15-21)14-20-7-5-4-6-18(20)2/h4-13,15H,14,16H2,1-3H3,(H,26,30). The number of nitrogens with one attached hydrogen (secondary N) is 1. The summed E-state index contributed by atoms with van der Waals surface area (Å²) in [5.74, 6) is 0.508. The van der Waals surface area contributed by atoms with Gasteiger partial charge in [0.05, 0.1) is 18.4 Å². The van der Waals surface area contributed by atoms with Gasteiger partial charge in [-0.05, 0) is 49.6 Å². The Hall–Kier alpha value is -3.87. The Kier molecular flexibility index (Phi) is 5.84. The van der Waals surface area contributed by atoms with Gasteiger partial charge in [0.1, 0.15) is 5.75 Å². The van der Waals surface area contributed by atoms with E-state index in [0.29, 0.717) is 17.9 Å². The lowest BCUT2D eigenvalue weighted by molar-refractivity contribution is 0.102. The molecule has 0 radical (unpaired) electrons. The number of aromatic nitrogens is 4. The van der Waals surface area contributed by atoms with E-state index in [0.717, 1.165) is 11.3 Å². The number of hydrogen-bond donors (Lipinski definition) is 1. The molecule has 0 aliphatic heterocycles. The Balaban J connectivity index is 1.35. The molecule has 4 aromatic rings. The molecule has 0 atom stereocenters. The molecule has 7 heteroatoms. The Morgan fingerprint density at radius 3 is 2.68 bits per heavy atom. The lowest BCUT2D eigenvalue weighted by atomic mass is 10.1. The molecule has 158 valence electrons. The summed E-state index contributed by atoms with van der Waals surface area (Å²) in [6.45, 7) is 6.99. The lowest BCUT2D eigenvalue weighted by Crippen LogP contribution is -2.14. The highest BCUT2D eigenvalue weighted by Gasteiger charge is 2.12. The van der Waals surface area contributed by atoms with Crippen molar-refractivity contribution in [3.05, 3.63) is 95.1 Å². The van der Waals surface area contributed by atoms with Crippen molar-refractivity contribution in [1.82, 2.24) is 19.6 Å². The molecule has 0 fully saturated rings. The van der Waals surface area contributed by atoms with Gasteiger partial charge < -0.3 is 10.1 Å². The van der Waals surface area contributed by atoms with E-state index in [-0.39, 0.29) is 12.6 Å². The van der Waals surface area contributed by atoms with Crippen LogP contribution >= 0.6 is 0 Å². The van der Waals surface area contributed by atoms with Crippen molar-refractivity contribution in [2.45, 2.75) is 34.0 Å². The molecule has 0 bridgehead atoms. The molecule has 2 heterocycles. The van der Waals surface area contributed by atoms with E-state index < -0.39 is 0 Å². The Morgan fingerprint density at radius 1 is 1.03 bits per heavy atom. The average molecular weight is 415 g/mol. The van der Waals surface area contributed by atoms with E-state index in [4.69, 9.17) is 4.74 Å². The van der Waals surface area contributed by atoms with Crippen LogP contribution < -0.4 is 10.1 Å². The molecule has 0 unspecified atom stereocenters. The first-order chi connectivity index (χ1) is 15.0. The second-order valence-corrected chi connectivity index (χ2v) is 7.59. The number of carbonyl (C=O) groups is 1. The normalized spacial score (nSPS) is 10.8. The average Bonchev–Trinajstić information content (AvgIpc) is 3.39. The van der Waals surface area contributed by atoms with Gasteiger partial charge in [-0.3, -0.25) is 9.48 Å². The first kappa shape index (κ1) is 20.4. The van der Waals surface area contributed by atoms with Gasteiger partial charge >= 0.3 is 0 Å². The SMILES string of the molecule is Cc1ccc(OCn2ccc(C(=O)Nc3cnn(Cc4ccccc4C)c3)n2)c(C)c1. The number of benzene rings is 2. The molecule has 1 amide bonds. The third kappa shape index (κ3) is 5.01. The first-order valence-electron chi connectivity index (χ1n) is 10.1. The van der Waals surface area contributed by atoms with Gasteiger partial charge in [-0.25, -0.2) is 4.68 Å². The maximum absolute atomic E-state index is 12.6. The smallest absolute Gasteiger partial charge is 0.276 e. The van der Waals surface area contributed by atoms with Crippen LogP contribution in [0.15, 0.2) is 67.1 Å². The molecule has 7 nitrogen and oxygen atoms in total. The van der Waals surface area contributed by atoms with E-state index >= 15 is 0 Å². The van der Waals surface area contributed by atoms with Crippen molar-refractivity contribution < 1.29 is 9.53 Å². The summed E-state index contributed by atoms with van der Waals surface area (Å²) in [6.07, 6.45) is 5.17. The van der Waals surface area contributed by atoms with E-state index in [1.807, 2.05) is 44.3 Å². The molecular formula is C24H25N5O2. The molecule has 31 heavy (non-hydrogen) atoms. The number of hydrogen-bond acceptors (Lipinski definition) is 4. The Morgan fingerprint density at radius 2 is 1.87 bits per heavy atom. The zero-order valence-corrected chi connectivity index (χ0v) is 17.9. The molecule has 0 spiro atoms. The van der Waals surface area contributed by atoms with E-state index in [1.165, 1.54) is 16.7 Å². The van der Waals surface area contributed by atoms with Gasteiger partial charge in [0, 0.05) is 12.4 Å². The number of nitrogens with zero attached hydrogens (tertiary/aromatic N) is 4. The quantitative estimate of drug-likeness (QED) is 0.487. The van der Waals surface area contributed by atoms with Gasteiger partial charge in [0.15, 0.2) is 12.4 Å². The first-order valence-corrected chi connectivity index (χ1v) is 10.1. The highest BCUT2D eigenvalue weighted by molar-refractivity contribution is 6.02. The number of aryl methyl sites for hydroxylation is 3. The lowest BCUT2D eigenvalue weighted by Gasteiger charge is -2.09. The molecule has 4 rings (SSSR count). The van der Waals surface area contributed by atoms with E-state index in [2.05, 4.69) is 40.6 Å². The number of amides is 1. The van der Waals surface area contributed by atoms with Crippen LogP contribution in [0.1, 0.15) is 32.7 Å². The third-order valence-corrected chi connectivity index (χ3v) is 5.04. The number of anilines is 1. The van der Waals surface area contributed by atoms with Crippen molar-refractivity contribution in [2.24, 2.45) is 0 Å². The molecule has 0 saturated heterocycles. The maximum atomic E-state index is 12.6. The fourth-order valence-electron chi connectivity index (χ4n) is 3.32. The fourth-order valence-corrected chi connectivity index (χ4v) is 3.32. The van der Waals surface area contributed by atoms with Crippen molar-refractivity contribution >= 4 is 11.6 Å². The highest BCUT2D eigenvalue weighted by Crippen LogP contribution is 2.19. The molecule has 0 aliphatic rings. The zero-order valence-electron chi connectivity index (χ0n) is 17.9. The summed E-state index contributed by atoms with van der Waals surface area (Å²) in [7, 11) is 0. The summed E-state index contributed by atoms with van der Waals surface area (Å²) >= 11 is 0. The van der Waals surface area contributed by atoms with Crippen LogP contribution in [-0.4, -0.2) is 25.5 Å². The van der Waals surface area contributed by atoms with Crippen molar-refractivity contribution in [1.29, 1.82) is 0 Å². The van der Waals surface area contributed by atoms with Gasteiger partial charge in [-0.1, -0.05) is 42.0 Å². The van der Waals surface area contributed by atoms with Gasteiger partial charge in [0.25, 0.3) is 5.91 Å². The van der Waals surface area contributed by atoms with E-state index in [1.54, 1.807) is 27.8 Å². The minimum absolute atomic E-state index is 0.228. The van der Waals surface area contributed by atoms with Gasteiger partial charge in [-0.2, -0.15) is 10.2 Å². The summed E-state index contributed by atoms with van der Waals surface area (Å²) in [5, 5.41) is 11.5. The number of ether oxygens (including phenoxy) is 1. The second-order valence-electron chi connectivity index (χ2n) is 7.59. The largest absolute Gasteiger partial charge is 0.471 e. The zero-order chi connectivity index (χ0) is 21.8. The summed E-state index contributed by atoms with van der Waals surface area (Å²) in [5.41, 5.74) is 5.58. The van der Waals surface area contributed by atoms with Crippen LogP contribution in [0.2, 0.25) is 0 Å². The Bertz CT molecular complexity index is 1210. The molecule has 2 aromatic heterocycles. The summed E-state index contributed by atoms with van der Waals surface area (Å²) in [4.78, 5) is 12.6. The van der Waals surface area contributed by atoms with Crippen LogP contribution in [0.3, 0.4) is 0 Å². The molecule has 0 saturated carbocycles. The van der Waals surface area contributed by atoms with Crippen LogP contribution in [0.5, 0.6) is 5.75 Å². The number of rotatable bonds is 7. The van der Waals surface area contributed by atoms with E-state index in [9.17, 15) is 4.79 Å². The van der Waals surface area contributed by atoms with Crippen molar-refractivity contribution in [3.8, 4) is 5.75 Å². The van der Waals surface area contributed by atoms with Gasteiger partial charge in [0.2, 0.25) is 0 Å². The number of carbonyl (C=O) groups excluding carboxylic acids is 1. The summed E-state index contributed by atoms with van der Waals surface area (Å²) < 4.78 is 9.21. The van der Waals surface area contributed by atoms with Crippen molar-refractivity contribution in [3.63, 3.8) is 0 Å². The second kappa shape index (κ2) is 8.87. The third-order valence-electron chi connectivity index (χ3n) is 5.04.